The summed E-state index contributed by atoms with van der Waals surface area (Å²) in [4.78, 5) is 4.15. The number of nitrogens with two attached hydrogens (primary N) is 1. The molecule has 4 nitrogen and oxygen atoms in total. The summed E-state index contributed by atoms with van der Waals surface area (Å²) in [5.74, 6) is 1.53. The van der Waals surface area contributed by atoms with Crippen LogP contribution in [0.3, 0.4) is 0 Å². The lowest BCUT2D eigenvalue weighted by Crippen LogP contribution is -1.98. The van der Waals surface area contributed by atoms with Crippen LogP contribution in [0.4, 0.5) is 5.69 Å². The Kier molecular flexibility index (Phi) is 4.04. The number of para-hydroxylation sites is 1. The van der Waals surface area contributed by atoms with Crippen molar-refractivity contribution < 1.29 is 9.47 Å². The van der Waals surface area contributed by atoms with E-state index in [1.165, 1.54) is 0 Å². The largest absolute Gasteiger partial charge is 0.488 e. The molecule has 5 heteroatoms. The fraction of sp³-hybridized carbons (Fsp3) is 0.154. The maximum Gasteiger partial charge on any atom is 0.262 e. The van der Waals surface area contributed by atoms with Gasteiger partial charge in [-0.1, -0.05) is 6.07 Å². The molecule has 1 aromatic heterocycles. The zero-order chi connectivity index (χ0) is 13.0. The number of halogens is 1. The Labute approximate surface area is 114 Å². The highest BCUT2D eigenvalue weighted by Crippen LogP contribution is 2.37. The number of pyridine rings is 1. The molecule has 2 N–H and O–H groups in total. The number of nitrogen functional groups attached to an aromatic ring is 1. The molecular weight excluding hydrogens is 296 g/mol. The second-order valence-electron chi connectivity index (χ2n) is 3.50. The minimum atomic E-state index is 0.401. The summed E-state index contributed by atoms with van der Waals surface area (Å²) in [6.07, 6.45) is 1.64. The van der Waals surface area contributed by atoms with Gasteiger partial charge in [0.2, 0.25) is 0 Å². The first-order chi connectivity index (χ1) is 8.72. The minimum Gasteiger partial charge on any atom is -0.488 e. The van der Waals surface area contributed by atoms with Crippen molar-refractivity contribution in [1.29, 1.82) is 0 Å². The number of anilines is 1. The molecule has 1 heterocycles. The second-order valence-corrected chi connectivity index (χ2v) is 4.35. The van der Waals surface area contributed by atoms with Crippen molar-refractivity contribution in [3.63, 3.8) is 0 Å². The predicted molar refractivity (Wildman–Crippen MR) is 74.0 cm³/mol. The summed E-state index contributed by atoms with van der Waals surface area (Å²) < 4.78 is 11.9. The van der Waals surface area contributed by atoms with E-state index in [1.807, 2.05) is 19.1 Å². The first-order valence-electron chi connectivity index (χ1n) is 5.52. The number of ether oxygens (including phenoxy) is 2. The Balaban J connectivity index is 2.34. The van der Waals surface area contributed by atoms with E-state index in [9.17, 15) is 0 Å². The van der Waals surface area contributed by atoms with Crippen LogP contribution in [0.15, 0.2) is 41.0 Å². The lowest BCUT2D eigenvalue weighted by molar-refractivity contribution is 0.316. The minimum absolute atomic E-state index is 0.401. The molecular formula is C13H13BrN2O2. The van der Waals surface area contributed by atoms with Gasteiger partial charge in [-0.15, -0.1) is 0 Å². The molecule has 0 aliphatic heterocycles. The molecule has 0 aliphatic rings. The summed E-state index contributed by atoms with van der Waals surface area (Å²) in [6.45, 7) is 2.46. The number of hydrogen-bond donors (Lipinski definition) is 1. The van der Waals surface area contributed by atoms with Gasteiger partial charge < -0.3 is 15.2 Å². The Hall–Kier alpha value is -1.75. The average molecular weight is 309 g/mol. The molecule has 0 atom stereocenters. The van der Waals surface area contributed by atoms with Crippen molar-refractivity contribution in [3.8, 4) is 17.4 Å². The number of aromatic nitrogens is 1. The number of benzene rings is 1. The summed E-state index contributed by atoms with van der Waals surface area (Å²) >= 11 is 3.39. The summed E-state index contributed by atoms with van der Waals surface area (Å²) in [5, 5.41) is 0. The maximum absolute atomic E-state index is 5.87. The molecule has 2 rings (SSSR count). The SMILES string of the molecule is CCOc1cccnc1Oc1c(N)cccc1Br. The van der Waals surface area contributed by atoms with Gasteiger partial charge >= 0.3 is 0 Å². The van der Waals surface area contributed by atoms with Crippen LogP contribution in [0.1, 0.15) is 6.92 Å². The lowest BCUT2D eigenvalue weighted by Gasteiger charge is -2.12. The number of rotatable bonds is 4. The zero-order valence-corrected chi connectivity index (χ0v) is 11.5. The summed E-state index contributed by atoms with van der Waals surface area (Å²) in [5.41, 5.74) is 6.41. The van der Waals surface area contributed by atoms with Gasteiger partial charge in [0.15, 0.2) is 11.5 Å². The number of nitrogens with zero attached hydrogens (tertiary/aromatic N) is 1. The summed E-state index contributed by atoms with van der Waals surface area (Å²) in [7, 11) is 0. The highest BCUT2D eigenvalue weighted by atomic mass is 79.9. The normalized spacial score (nSPS) is 10.1. The van der Waals surface area contributed by atoms with Gasteiger partial charge in [0.25, 0.3) is 5.88 Å². The lowest BCUT2D eigenvalue weighted by atomic mass is 10.3. The van der Waals surface area contributed by atoms with Crippen LogP contribution < -0.4 is 15.2 Å². The van der Waals surface area contributed by atoms with Gasteiger partial charge in [0.1, 0.15) is 0 Å². The van der Waals surface area contributed by atoms with E-state index in [0.29, 0.717) is 29.7 Å². The van der Waals surface area contributed by atoms with Crippen LogP contribution in [0.25, 0.3) is 0 Å². The molecule has 94 valence electrons. The first kappa shape index (κ1) is 12.7. The molecule has 1 aromatic carbocycles. The standard InChI is InChI=1S/C13H13BrN2O2/c1-2-17-11-7-4-8-16-13(11)18-12-9(14)5-3-6-10(12)15/h3-8H,2,15H2,1H3. The molecule has 0 radical (unpaired) electrons. The average Bonchev–Trinajstić information content (AvgIpc) is 2.36. The van der Waals surface area contributed by atoms with Crippen LogP contribution >= 0.6 is 15.9 Å². The predicted octanol–water partition coefficient (Wildman–Crippen LogP) is 3.62. The van der Waals surface area contributed by atoms with Crippen LogP contribution in [0, 0.1) is 0 Å². The van der Waals surface area contributed by atoms with Crippen molar-refractivity contribution in [2.75, 3.05) is 12.3 Å². The third kappa shape index (κ3) is 2.73. The monoisotopic (exact) mass is 308 g/mol. The fourth-order valence-corrected chi connectivity index (χ4v) is 1.91. The van der Waals surface area contributed by atoms with Crippen molar-refractivity contribution in [1.82, 2.24) is 4.98 Å². The quantitative estimate of drug-likeness (QED) is 0.876. The van der Waals surface area contributed by atoms with Gasteiger partial charge in [-0.2, -0.15) is 0 Å². The Morgan fingerprint density at radius 1 is 1.28 bits per heavy atom. The van der Waals surface area contributed by atoms with Crippen LogP contribution in [0.2, 0.25) is 0 Å². The zero-order valence-electron chi connectivity index (χ0n) is 9.89. The van der Waals surface area contributed by atoms with Crippen LogP contribution in [-0.4, -0.2) is 11.6 Å². The molecule has 0 saturated heterocycles. The van der Waals surface area contributed by atoms with E-state index in [-0.39, 0.29) is 0 Å². The smallest absolute Gasteiger partial charge is 0.262 e. The van der Waals surface area contributed by atoms with E-state index in [1.54, 1.807) is 24.4 Å². The van der Waals surface area contributed by atoms with E-state index in [2.05, 4.69) is 20.9 Å². The van der Waals surface area contributed by atoms with Gasteiger partial charge in [-0.25, -0.2) is 4.98 Å². The van der Waals surface area contributed by atoms with E-state index >= 15 is 0 Å². The van der Waals surface area contributed by atoms with Crippen molar-refractivity contribution >= 4 is 21.6 Å². The van der Waals surface area contributed by atoms with Crippen molar-refractivity contribution in [2.45, 2.75) is 6.92 Å². The maximum atomic E-state index is 5.87. The van der Waals surface area contributed by atoms with E-state index < -0.39 is 0 Å². The third-order valence-corrected chi connectivity index (χ3v) is 2.86. The molecule has 0 fully saturated rings. The highest BCUT2D eigenvalue weighted by molar-refractivity contribution is 9.10. The van der Waals surface area contributed by atoms with E-state index in [4.69, 9.17) is 15.2 Å². The van der Waals surface area contributed by atoms with Crippen molar-refractivity contribution in [2.24, 2.45) is 0 Å². The topological polar surface area (TPSA) is 57.4 Å². The highest BCUT2D eigenvalue weighted by Gasteiger charge is 2.11. The van der Waals surface area contributed by atoms with Gasteiger partial charge in [0.05, 0.1) is 16.8 Å². The number of hydrogen-bond acceptors (Lipinski definition) is 4. The Morgan fingerprint density at radius 2 is 2.11 bits per heavy atom. The third-order valence-electron chi connectivity index (χ3n) is 2.23. The molecule has 2 aromatic rings. The van der Waals surface area contributed by atoms with E-state index in [0.717, 1.165) is 4.47 Å². The Morgan fingerprint density at radius 3 is 2.83 bits per heavy atom. The van der Waals surface area contributed by atoms with Crippen LogP contribution in [-0.2, 0) is 0 Å². The molecule has 0 saturated carbocycles. The van der Waals surface area contributed by atoms with Gasteiger partial charge in [0, 0.05) is 6.20 Å². The fourth-order valence-electron chi connectivity index (χ4n) is 1.45. The van der Waals surface area contributed by atoms with Gasteiger partial charge in [-0.3, -0.25) is 0 Å². The van der Waals surface area contributed by atoms with Crippen molar-refractivity contribution in [3.05, 3.63) is 41.0 Å². The molecule has 0 spiro atoms. The molecule has 0 aliphatic carbocycles. The molecule has 18 heavy (non-hydrogen) atoms. The second kappa shape index (κ2) is 5.73. The molecule has 0 bridgehead atoms. The summed E-state index contributed by atoms with van der Waals surface area (Å²) in [6, 6.07) is 9.06. The molecule has 0 amide bonds. The first-order valence-corrected chi connectivity index (χ1v) is 6.31. The van der Waals surface area contributed by atoms with Gasteiger partial charge in [-0.05, 0) is 47.1 Å². The Bertz CT molecular complexity index is 526. The molecule has 0 unspecified atom stereocenters. The van der Waals surface area contributed by atoms with Crippen LogP contribution in [0.5, 0.6) is 17.4 Å².